The summed E-state index contributed by atoms with van der Waals surface area (Å²) in [6.45, 7) is 3.92. The molecule has 0 heterocycles. The first-order chi connectivity index (χ1) is 8.45. The molecule has 0 aromatic heterocycles. The lowest BCUT2D eigenvalue weighted by Gasteiger charge is -2.27. The van der Waals surface area contributed by atoms with Crippen molar-refractivity contribution in [1.29, 1.82) is 0 Å². The molecule has 0 amide bonds. The first-order valence-corrected chi connectivity index (χ1v) is 6.57. The molecule has 1 unspecified atom stereocenters. The van der Waals surface area contributed by atoms with Gasteiger partial charge in [0.15, 0.2) is 0 Å². The molecule has 0 aliphatic carbocycles. The third kappa shape index (κ3) is 3.09. The van der Waals surface area contributed by atoms with Gasteiger partial charge >= 0.3 is 5.97 Å². The van der Waals surface area contributed by atoms with Crippen LogP contribution < -0.4 is 5.73 Å². The van der Waals surface area contributed by atoms with Gasteiger partial charge in [0.1, 0.15) is 5.82 Å². The summed E-state index contributed by atoms with van der Waals surface area (Å²) in [6, 6.07) is 4.63. The first-order valence-electron chi connectivity index (χ1n) is 5.78. The third-order valence-corrected chi connectivity index (χ3v) is 3.39. The molecule has 0 fully saturated rings. The molecule has 18 heavy (non-hydrogen) atoms. The molecule has 0 saturated heterocycles. The van der Waals surface area contributed by atoms with Crippen LogP contribution >= 0.6 is 15.9 Å². The summed E-state index contributed by atoms with van der Waals surface area (Å²) in [6.07, 6.45) is 0.338. The molecular weight excluding hydrogens is 301 g/mol. The summed E-state index contributed by atoms with van der Waals surface area (Å²) in [4.78, 5) is 12.0. The van der Waals surface area contributed by atoms with Crippen LogP contribution in [0, 0.1) is 5.82 Å². The zero-order valence-corrected chi connectivity index (χ0v) is 12.1. The van der Waals surface area contributed by atoms with Crippen molar-refractivity contribution in [1.82, 2.24) is 0 Å². The lowest BCUT2D eigenvalue weighted by Crippen LogP contribution is -2.37. The molecule has 3 nitrogen and oxygen atoms in total. The minimum Gasteiger partial charge on any atom is -0.465 e. The van der Waals surface area contributed by atoms with Crippen molar-refractivity contribution in [3.8, 4) is 0 Å². The highest BCUT2D eigenvalue weighted by Crippen LogP contribution is 2.32. The van der Waals surface area contributed by atoms with Crippen LogP contribution in [0.2, 0.25) is 0 Å². The van der Waals surface area contributed by atoms with Crippen molar-refractivity contribution < 1.29 is 13.9 Å². The number of hydrogen-bond acceptors (Lipinski definition) is 3. The van der Waals surface area contributed by atoms with Gasteiger partial charge in [0.05, 0.1) is 12.0 Å². The van der Waals surface area contributed by atoms with Crippen molar-refractivity contribution in [2.75, 3.05) is 13.2 Å². The Bertz CT molecular complexity index is 439. The molecule has 0 saturated carbocycles. The summed E-state index contributed by atoms with van der Waals surface area (Å²) in [5.41, 5.74) is 4.79. The molecule has 2 N–H and O–H groups in total. The maximum atomic E-state index is 14.0. The van der Waals surface area contributed by atoms with E-state index in [1.54, 1.807) is 26.0 Å². The molecule has 1 atom stereocenters. The van der Waals surface area contributed by atoms with Gasteiger partial charge in [-0.15, -0.1) is 0 Å². The molecule has 0 aliphatic rings. The van der Waals surface area contributed by atoms with Crippen molar-refractivity contribution in [2.24, 2.45) is 5.73 Å². The zero-order valence-electron chi connectivity index (χ0n) is 10.5. The second-order valence-electron chi connectivity index (χ2n) is 4.22. The Balaban J connectivity index is 3.21. The molecule has 1 aromatic rings. The molecule has 0 aliphatic heterocycles. The SMILES string of the molecule is CCOC(=O)C(C)(CCN)c1ccc(Br)cc1F. The normalized spacial score (nSPS) is 14.1. The Morgan fingerprint density at radius 3 is 2.72 bits per heavy atom. The summed E-state index contributed by atoms with van der Waals surface area (Å²) in [5, 5.41) is 0. The van der Waals surface area contributed by atoms with E-state index in [4.69, 9.17) is 10.5 Å². The predicted octanol–water partition coefficient (Wildman–Crippen LogP) is 2.76. The maximum absolute atomic E-state index is 14.0. The molecule has 100 valence electrons. The number of nitrogens with two attached hydrogens (primary N) is 1. The fraction of sp³-hybridized carbons (Fsp3) is 0.462. The highest BCUT2D eigenvalue weighted by molar-refractivity contribution is 9.10. The highest BCUT2D eigenvalue weighted by Gasteiger charge is 2.38. The average Bonchev–Trinajstić information content (AvgIpc) is 2.29. The molecule has 1 aromatic carbocycles. The second-order valence-corrected chi connectivity index (χ2v) is 5.13. The Hall–Kier alpha value is -0.940. The molecular formula is C13H17BrFNO2. The lowest BCUT2D eigenvalue weighted by molar-refractivity contribution is -0.149. The number of benzene rings is 1. The molecule has 5 heteroatoms. The van der Waals surface area contributed by atoms with Gasteiger partial charge in [-0.3, -0.25) is 4.79 Å². The van der Waals surface area contributed by atoms with E-state index in [1.165, 1.54) is 6.07 Å². The van der Waals surface area contributed by atoms with E-state index >= 15 is 0 Å². The summed E-state index contributed by atoms with van der Waals surface area (Å²) >= 11 is 3.19. The minimum atomic E-state index is -1.05. The largest absolute Gasteiger partial charge is 0.465 e. The van der Waals surface area contributed by atoms with Crippen LogP contribution in [-0.4, -0.2) is 19.1 Å². The van der Waals surface area contributed by atoms with Crippen molar-refractivity contribution in [2.45, 2.75) is 25.7 Å². The maximum Gasteiger partial charge on any atom is 0.316 e. The van der Waals surface area contributed by atoms with E-state index in [0.29, 0.717) is 16.5 Å². The van der Waals surface area contributed by atoms with Gasteiger partial charge in [0.2, 0.25) is 0 Å². The van der Waals surface area contributed by atoms with Crippen molar-refractivity contribution >= 4 is 21.9 Å². The van der Waals surface area contributed by atoms with E-state index in [-0.39, 0.29) is 13.2 Å². The van der Waals surface area contributed by atoms with Gasteiger partial charge in [-0.05, 0) is 38.9 Å². The number of carbonyl (C=O) groups excluding carboxylic acids is 1. The van der Waals surface area contributed by atoms with Gasteiger partial charge in [0.25, 0.3) is 0 Å². The van der Waals surface area contributed by atoms with Crippen LogP contribution in [0.3, 0.4) is 0 Å². The Morgan fingerprint density at radius 2 is 2.22 bits per heavy atom. The van der Waals surface area contributed by atoms with Gasteiger partial charge in [0, 0.05) is 10.0 Å². The van der Waals surface area contributed by atoms with Crippen molar-refractivity contribution in [3.63, 3.8) is 0 Å². The van der Waals surface area contributed by atoms with E-state index in [0.717, 1.165) is 0 Å². The Morgan fingerprint density at radius 1 is 1.56 bits per heavy atom. The number of esters is 1. The smallest absolute Gasteiger partial charge is 0.316 e. The van der Waals surface area contributed by atoms with Crippen LogP contribution in [-0.2, 0) is 14.9 Å². The number of ether oxygens (including phenoxy) is 1. The van der Waals surface area contributed by atoms with E-state index in [1.807, 2.05) is 0 Å². The predicted molar refractivity (Wildman–Crippen MR) is 71.8 cm³/mol. The molecule has 0 spiro atoms. The molecule has 1 rings (SSSR count). The minimum absolute atomic E-state index is 0.261. The van der Waals surface area contributed by atoms with Crippen LogP contribution in [0.5, 0.6) is 0 Å². The lowest BCUT2D eigenvalue weighted by atomic mass is 9.79. The van der Waals surface area contributed by atoms with Gasteiger partial charge in [-0.1, -0.05) is 22.0 Å². The molecule has 0 radical (unpaired) electrons. The number of halogens is 2. The highest BCUT2D eigenvalue weighted by atomic mass is 79.9. The Kier molecular flexibility index (Phi) is 5.28. The summed E-state index contributed by atoms with van der Waals surface area (Å²) in [7, 11) is 0. The summed E-state index contributed by atoms with van der Waals surface area (Å²) < 4.78 is 19.6. The van der Waals surface area contributed by atoms with Crippen LogP contribution in [0.15, 0.2) is 22.7 Å². The fourth-order valence-electron chi connectivity index (χ4n) is 1.86. The van der Waals surface area contributed by atoms with Gasteiger partial charge in [-0.2, -0.15) is 0 Å². The number of rotatable bonds is 5. The third-order valence-electron chi connectivity index (χ3n) is 2.90. The van der Waals surface area contributed by atoms with Crippen molar-refractivity contribution in [3.05, 3.63) is 34.1 Å². The quantitative estimate of drug-likeness (QED) is 0.850. The molecule has 0 bridgehead atoms. The monoisotopic (exact) mass is 317 g/mol. The van der Waals surface area contributed by atoms with E-state index < -0.39 is 17.2 Å². The van der Waals surface area contributed by atoms with Crippen LogP contribution in [0.4, 0.5) is 4.39 Å². The van der Waals surface area contributed by atoms with E-state index in [9.17, 15) is 9.18 Å². The van der Waals surface area contributed by atoms with Gasteiger partial charge in [-0.25, -0.2) is 4.39 Å². The van der Waals surface area contributed by atoms with Gasteiger partial charge < -0.3 is 10.5 Å². The number of carbonyl (C=O) groups is 1. The fourth-order valence-corrected chi connectivity index (χ4v) is 2.20. The summed E-state index contributed by atoms with van der Waals surface area (Å²) in [5.74, 6) is -0.884. The second kappa shape index (κ2) is 6.29. The van der Waals surface area contributed by atoms with Crippen LogP contribution in [0.1, 0.15) is 25.8 Å². The van der Waals surface area contributed by atoms with Crippen LogP contribution in [0.25, 0.3) is 0 Å². The first kappa shape index (κ1) is 15.1. The zero-order chi connectivity index (χ0) is 13.8. The standard InChI is InChI=1S/C13H17BrFNO2/c1-3-18-12(17)13(2,6-7-16)10-5-4-9(14)8-11(10)15/h4-5,8H,3,6-7,16H2,1-2H3. The number of hydrogen-bond donors (Lipinski definition) is 1. The Labute approximate surface area is 115 Å². The topological polar surface area (TPSA) is 52.3 Å². The average molecular weight is 318 g/mol. The van der Waals surface area contributed by atoms with E-state index in [2.05, 4.69) is 15.9 Å².